The first-order valence-corrected chi connectivity index (χ1v) is 6.36. The van der Waals surface area contributed by atoms with E-state index in [1.807, 2.05) is 0 Å². The highest BCUT2D eigenvalue weighted by Crippen LogP contribution is 2.19. The number of hydrogen-bond donors (Lipinski definition) is 0. The number of sulfone groups is 1. The molecule has 0 radical (unpaired) electrons. The van der Waals surface area contributed by atoms with Crippen LogP contribution in [0.5, 0.6) is 5.75 Å². The van der Waals surface area contributed by atoms with E-state index in [1.165, 1.54) is 6.20 Å². The Hall–Kier alpha value is -1.33. The molecule has 0 atom stereocenters. The Kier molecular flexibility index (Phi) is 2.98. The number of aliphatic imine (C=N–C) groups is 1. The van der Waals surface area contributed by atoms with Crippen molar-refractivity contribution >= 4 is 27.0 Å². The molecule has 0 saturated heterocycles. The lowest BCUT2D eigenvalue weighted by Gasteiger charge is -2.05. The van der Waals surface area contributed by atoms with E-state index >= 15 is 0 Å². The van der Waals surface area contributed by atoms with Crippen LogP contribution in [0.1, 0.15) is 0 Å². The second kappa shape index (κ2) is 4.27. The molecule has 0 aliphatic carbocycles. The minimum absolute atomic E-state index is 0.0390. The van der Waals surface area contributed by atoms with Gasteiger partial charge in [-0.3, -0.25) is 4.99 Å². The van der Waals surface area contributed by atoms with Gasteiger partial charge in [0.05, 0.1) is 0 Å². The predicted molar refractivity (Wildman–Crippen MR) is 62.4 cm³/mol. The third-order valence-electron chi connectivity index (χ3n) is 1.96. The van der Waals surface area contributed by atoms with E-state index in [0.29, 0.717) is 10.8 Å². The molecule has 16 heavy (non-hydrogen) atoms. The summed E-state index contributed by atoms with van der Waals surface area (Å²) in [5.41, 5.74) is 0.906. The van der Waals surface area contributed by atoms with Crippen LogP contribution in [0.4, 0.5) is 0 Å². The Morgan fingerprint density at radius 2 is 2.19 bits per heavy atom. The van der Waals surface area contributed by atoms with Crippen LogP contribution in [-0.2, 0) is 9.84 Å². The monoisotopic (exact) mass is 257 g/mol. The normalized spacial score (nSPS) is 17.2. The number of halogens is 1. The highest BCUT2D eigenvalue weighted by molar-refractivity contribution is 8.08. The first kappa shape index (κ1) is 11.2. The third-order valence-corrected chi connectivity index (χ3v) is 3.55. The average molecular weight is 258 g/mol. The van der Waals surface area contributed by atoms with Crippen molar-refractivity contribution < 1.29 is 13.2 Å². The minimum Gasteiger partial charge on any atom is -0.488 e. The summed E-state index contributed by atoms with van der Waals surface area (Å²) in [6.07, 6.45) is 1.28. The van der Waals surface area contributed by atoms with Gasteiger partial charge in [0.25, 0.3) is 0 Å². The molecule has 84 valence electrons. The summed E-state index contributed by atoms with van der Waals surface area (Å²) in [5, 5.41) is 0.539. The molecule has 4 nitrogen and oxygen atoms in total. The Balaban J connectivity index is 2.04. The van der Waals surface area contributed by atoms with Gasteiger partial charge in [-0.1, -0.05) is 17.7 Å². The topological polar surface area (TPSA) is 55.7 Å². The van der Waals surface area contributed by atoms with Crippen molar-refractivity contribution in [2.45, 2.75) is 0 Å². The minimum atomic E-state index is -3.36. The SMILES string of the molecule is O=S1(=O)C=NC=C1COc1cccc(Cl)c1. The molecule has 0 bridgehead atoms. The Labute approximate surface area is 98.1 Å². The van der Waals surface area contributed by atoms with Gasteiger partial charge in [0.2, 0.25) is 9.84 Å². The third kappa shape index (κ3) is 2.43. The maximum Gasteiger partial charge on any atom is 0.217 e. The molecule has 2 rings (SSSR count). The second-order valence-corrected chi connectivity index (χ2v) is 5.40. The van der Waals surface area contributed by atoms with Gasteiger partial charge in [0.1, 0.15) is 22.8 Å². The molecule has 6 heteroatoms. The lowest BCUT2D eigenvalue weighted by atomic mass is 10.3. The molecule has 0 fully saturated rings. The van der Waals surface area contributed by atoms with E-state index in [2.05, 4.69) is 4.99 Å². The van der Waals surface area contributed by atoms with Crippen LogP contribution in [-0.4, -0.2) is 20.6 Å². The number of nitrogens with zero attached hydrogens (tertiary/aromatic N) is 1. The summed E-state index contributed by atoms with van der Waals surface area (Å²) in [6.45, 7) is -0.0390. The largest absolute Gasteiger partial charge is 0.488 e. The lowest BCUT2D eigenvalue weighted by Crippen LogP contribution is -2.09. The van der Waals surface area contributed by atoms with Gasteiger partial charge in [-0.25, -0.2) is 8.42 Å². The van der Waals surface area contributed by atoms with E-state index in [0.717, 1.165) is 5.55 Å². The van der Waals surface area contributed by atoms with E-state index in [4.69, 9.17) is 16.3 Å². The van der Waals surface area contributed by atoms with Gasteiger partial charge in [-0.15, -0.1) is 0 Å². The molecule has 1 heterocycles. The predicted octanol–water partition coefficient (Wildman–Crippen LogP) is 2.02. The maximum atomic E-state index is 11.3. The van der Waals surface area contributed by atoms with Crippen molar-refractivity contribution in [2.24, 2.45) is 4.99 Å². The summed E-state index contributed by atoms with van der Waals surface area (Å²) < 4.78 is 27.9. The fourth-order valence-corrected chi connectivity index (χ4v) is 2.13. The molecular formula is C10H8ClNO3S. The summed E-state index contributed by atoms with van der Waals surface area (Å²) in [7, 11) is -3.36. The van der Waals surface area contributed by atoms with Crippen LogP contribution in [0.2, 0.25) is 5.02 Å². The summed E-state index contributed by atoms with van der Waals surface area (Å²) in [4.78, 5) is 3.71. The number of benzene rings is 1. The zero-order valence-electron chi connectivity index (χ0n) is 8.13. The van der Waals surface area contributed by atoms with Crippen LogP contribution in [0, 0.1) is 0 Å². The summed E-state index contributed by atoms with van der Waals surface area (Å²) in [6, 6.07) is 6.76. The first-order valence-electron chi connectivity index (χ1n) is 4.43. The van der Waals surface area contributed by atoms with Gasteiger partial charge < -0.3 is 4.74 Å². The highest BCUT2D eigenvalue weighted by Gasteiger charge is 2.19. The number of hydrogen-bond acceptors (Lipinski definition) is 4. The average Bonchev–Trinajstić information content (AvgIpc) is 2.55. The summed E-state index contributed by atoms with van der Waals surface area (Å²) >= 11 is 5.76. The smallest absolute Gasteiger partial charge is 0.217 e. The summed E-state index contributed by atoms with van der Waals surface area (Å²) in [5.74, 6) is 0.524. The maximum absolute atomic E-state index is 11.3. The molecule has 0 N–H and O–H groups in total. The van der Waals surface area contributed by atoms with Gasteiger partial charge in [-0.05, 0) is 18.2 Å². The van der Waals surface area contributed by atoms with Crippen LogP contribution >= 0.6 is 11.6 Å². The molecule has 1 aromatic carbocycles. The van der Waals surface area contributed by atoms with Crippen molar-refractivity contribution in [3.63, 3.8) is 0 Å². The van der Waals surface area contributed by atoms with Crippen molar-refractivity contribution in [1.29, 1.82) is 0 Å². The molecule has 0 aromatic heterocycles. The zero-order valence-corrected chi connectivity index (χ0v) is 9.70. The molecule has 0 amide bonds. The van der Waals surface area contributed by atoms with Crippen molar-refractivity contribution in [3.8, 4) is 5.75 Å². The van der Waals surface area contributed by atoms with Crippen LogP contribution in [0.3, 0.4) is 0 Å². The van der Waals surface area contributed by atoms with Crippen LogP contribution in [0.25, 0.3) is 0 Å². The van der Waals surface area contributed by atoms with E-state index in [1.54, 1.807) is 24.3 Å². The van der Waals surface area contributed by atoms with Crippen molar-refractivity contribution in [2.75, 3.05) is 6.61 Å². The van der Waals surface area contributed by atoms with Crippen LogP contribution in [0.15, 0.2) is 40.4 Å². The molecule has 0 spiro atoms. The van der Waals surface area contributed by atoms with E-state index in [9.17, 15) is 8.42 Å². The van der Waals surface area contributed by atoms with Gasteiger partial charge in [0, 0.05) is 11.2 Å². The Bertz CT molecular complexity index is 563. The number of rotatable bonds is 3. The Morgan fingerprint density at radius 3 is 2.81 bits per heavy atom. The standard InChI is InChI=1S/C10H8ClNO3S/c11-8-2-1-3-9(4-8)15-6-10-5-12-7-16(10,13)14/h1-5,7H,6H2. The van der Waals surface area contributed by atoms with Gasteiger partial charge in [-0.2, -0.15) is 0 Å². The fourth-order valence-electron chi connectivity index (χ4n) is 1.17. The second-order valence-electron chi connectivity index (χ2n) is 3.14. The van der Waals surface area contributed by atoms with Gasteiger partial charge >= 0.3 is 0 Å². The molecular weight excluding hydrogens is 250 g/mol. The molecule has 0 saturated carbocycles. The van der Waals surface area contributed by atoms with Crippen molar-refractivity contribution in [1.82, 2.24) is 0 Å². The van der Waals surface area contributed by atoms with E-state index in [-0.39, 0.29) is 11.5 Å². The molecule has 1 aliphatic rings. The lowest BCUT2D eigenvalue weighted by molar-refractivity contribution is 0.358. The van der Waals surface area contributed by atoms with Crippen molar-refractivity contribution in [3.05, 3.63) is 40.4 Å². The van der Waals surface area contributed by atoms with E-state index < -0.39 is 9.84 Å². The highest BCUT2D eigenvalue weighted by atomic mass is 35.5. The first-order chi connectivity index (χ1) is 7.58. The quantitative estimate of drug-likeness (QED) is 0.832. The Morgan fingerprint density at radius 1 is 1.38 bits per heavy atom. The molecule has 1 aliphatic heterocycles. The zero-order chi connectivity index (χ0) is 11.6. The molecule has 0 unspecified atom stereocenters. The fraction of sp³-hybridized carbons (Fsp3) is 0.100. The van der Waals surface area contributed by atoms with Gasteiger partial charge in [0.15, 0.2) is 0 Å². The molecule has 1 aromatic rings. The van der Waals surface area contributed by atoms with Crippen LogP contribution < -0.4 is 4.74 Å². The number of ether oxygens (including phenoxy) is 1.